The smallest absolute Gasteiger partial charge is 0.262 e. The van der Waals surface area contributed by atoms with Crippen LogP contribution >= 0.6 is 34.8 Å². The van der Waals surface area contributed by atoms with Crippen LogP contribution in [0.3, 0.4) is 0 Å². The fourth-order valence-corrected chi connectivity index (χ4v) is 3.11. The van der Waals surface area contributed by atoms with Crippen molar-refractivity contribution >= 4 is 58.0 Å². The topological polar surface area (TPSA) is 89.5 Å². The maximum absolute atomic E-state index is 12.3. The standard InChI is InChI=1S/C21H16Cl3N3O4/c1-30-19-7-13(4-5-17(19)27-21(29)12-3-2-6-25-10-12)26-20(28)11-31-18-9-15(23)14(22)8-16(18)24/h2-10H,11H2,1H3,(H,26,28)(H,27,29). The fraction of sp³-hybridized carbons (Fsp3) is 0.0952. The third kappa shape index (κ3) is 6.01. The van der Waals surface area contributed by atoms with Crippen LogP contribution in [0.25, 0.3) is 0 Å². The fourth-order valence-electron chi connectivity index (χ4n) is 2.52. The number of nitrogens with one attached hydrogen (secondary N) is 2. The summed E-state index contributed by atoms with van der Waals surface area (Å²) in [6.45, 7) is -0.306. The number of ether oxygens (including phenoxy) is 2. The van der Waals surface area contributed by atoms with Crippen molar-refractivity contribution in [1.29, 1.82) is 0 Å². The molecule has 2 amide bonds. The van der Waals surface area contributed by atoms with Crippen molar-refractivity contribution < 1.29 is 19.1 Å². The molecule has 0 radical (unpaired) electrons. The number of methoxy groups -OCH3 is 1. The van der Waals surface area contributed by atoms with Gasteiger partial charge in [0.05, 0.1) is 33.4 Å². The van der Waals surface area contributed by atoms with E-state index in [1.807, 2.05) is 0 Å². The lowest BCUT2D eigenvalue weighted by Gasteiger charge is -2.13. The first-order valence-corrected chi connectivity index (χ1v) is 9.97. The molecular formula is C21H16Cl3N3O4. The summed E-state index contributed by atoms with van der Waals surface area (Å²) < 4.78 is 10.7. The van der Waals surface area contributed by atoms with Crippen molar-refractivity contribution in [2.75, 3.05) is 24.4 Å². The highest BCUT2D eigenvalue weighted by Gasteiger charge is 2.13. The van der Waals surface area contributed by atoms with Crippen LogP contribution in [0.2, 0.25) is 15.1 Å². The predicted octanol–water partition coefficient (Wildman–Crippen LogP) is 5.32. The summed E-state index contributed by atoms with van der Waals surface area (Å²) >= 11 is 17.8. The van der Waals surface area contributed by atoms with Gasteiger partial charge in [-0.3, -0.25) is 14.6 Å². The highest BCUT2D eigenvalue weighted by Crippen LogP contribution is 2.34. The average Bonchev–Trinajstić information content (AvgIpc) is 2.77. The van der Waals surface area contributed by atoms with Crippen molar-refractivity contribution in [3.63, 3.8) is 0 Å². The van der Waals surface area contributed by atoms with Gasteiger partial charge < -0.3 is 20.1 Å². The van der Waals surface area contributed by atoms with Gasteiger partial charge in [0.2, 0.25) is 0 Å². The van der Waals surface area contributed by atoms with E-state index in [0.717, 1.165) is 0 Å². The minimum atomic E-state index is -0.434. The molecule has 2 N–H and O–H groups in total. The van der Waals surface area contributed by atoms with Gasteiger partial charge in [-0.25, -0.2) is 0 Å². The van der Waals surface area contributed by atoms with E-state index in [2.05, 4.69) is 15.6 Å². The zero-order valence-corrected chi connectivity index (χ0v) is 18.4. The van der Waals surface area contributed by atoms with Crippen LogP contribution in [0.15, 0.2) is 54.9 Å². The monoisotopic (exact) mass is 479 g/mol. The van der Waals surface area contributed by atoms with Crippen molar-refractivity contribution in [1.82, 2.24) is 4.98 Å². The van der Waals surface area contributed by atoms with E-state index in [1.54, 1.807) is 36.5 Å². The number of carbonyl (C=O) groups excluding carboxylic acids is 2. The first-order valence-electron chi connectivity index (χ1n) is 8.84. The van der Waals surface area contributed by atoms with Crippen molar-refractivity contribution in [3.8, 4) is 11.5 Å². The summed E-state index contributed by atoms with van der Waals surface area (Å²) in [5.74, 6) is -0.174. The Labute approximate surface area is 193 Å². The Hall–Kier alpha value is -3.00. The highest BCUT2D eigenvalue weighted by molar-refractivity contribution is 6.43. The second-order valence-electron chi connectivity index (χ2n) is 6.14. The molecule has 3 rings (SSSR count). The lowest BCUT2D eigenvalue weighted by molar-refractivity contribution is -0.118. The largest absolute Gasteiger partial charge is 0.494 e. The summed E-state index contributed by atoms with van der Waals surface area (Å²) in [5.41, 5.74) is 1.29. The number of nitrogens with zero attached hydrogens (tertiary/aromatic N) is 1. The lowest BCUT2D eigenvalue weighted by Crippen LogP contribution is -2.20. The van der Waals surface area contributed by atoms with Gasteiger partial charge >= 0.3 is 0 Å². The first kappa shape index (κ1) is 22.7. The molecule has 7 nitrogen and oxygen atoms in total. The molecule has 0 atom stereocenters. The van der Waals surface area contributed by atoms with E-state index in [1.165, 1.54) is 25.4 Å². The van der Waals surface area contributed by atoms with Gasteiger partial charge in [-0.15, -0.1) is 0 Å². The van der Waals surface area contributed by atoms with E-state index < -0.39 is 5.91 Å². The van der Waals surface area contributed by atoms with E-state index >= 15 is 0 Å². The maximum Gasteiger partial charge on any atom is 0.262 e. The zero-order valence-electron chi connectivity index (χ0n) is 16.1. The van der Waals surface area contributed by atoms with Crippen LogP contribution in [0, 0.1) is 0 Å². The maximum atomic E-state index is 12.3. The molecular weight excluding hydrogens is 465 g/mol. The Balaban J connectivity index is 1.63. The van der Waals surface area contributed by atoms with Crippen LogP contribution in [0.1, 0.15) is 10.4 Å². The van der Waals surface area contributed by atoms with Crippen molar-refractivity contribution in [2.45, 2.75) is 0 Å². The normalized spacial score (nSPS) is 10.3. The number of rotatable bonds is 7. The van der Waals surface area contributed by atoms with Crippen LogP contribution < -0.4 is 20.1 Å². The molecule has 10 heteroatoms. The van der Waals surface area contributed by atoms with Gasteiger partial charge in [0.1, 0.15) is 11.5 Å². The Morgan fingerprint density at radius 2 is 1.74 bits per heavy atom. The summed E-state index contributed by atoms with van der Waals surface area (Å²) in [6, 6.07) is 11.0. The van der Waals surface area contributed by atoms with Gasteiger partial charge in [0.15, 0.2) is 6.61 Å². The molecule has 2 aromatic carbocycles. The quantitative estimate of drug-likeness (QED) is 0.447. The Kier molecular flexibility index (Phi) is 7.57. The summed E-state index contributed by atoms with van der Waals surface area (Å²) in [7, 11) is 1.45. The molecule has 0 spiro atoms. The Morgan fingerprint density at radius 3 is 2.45 bits per heavy atom. The number of aromatic nitrogens is 1. The number of amides is 2. The SMILES string of the molecule is COc1cc(NC(=O)COc2cc(Cl)c(Cl)cc2Cl)ccc1NC(=O)c1cccnc1. The number of carbonyl (C=O) groups is 2. The molecule has 0 aliphatic carbocycles. The number of hydrogen-bond donors (Lipinski definition) is 2. The number of pyridine rings is 1. The van der Waals surface area contributed by atoms with Crippen molar-refractivity contribution in [2.24, 2.45) is 0 Å². The van der Waals surface area contributed by atoms with Crippen LogP contribution in [0.5, 0.6) is 11.5 Å². The minimum Gasteiger partial charge on any atom is -0.494 e. The Bertz CT molecular complexity index is 1110. The number of anilines is 2. The molecule has 0 saturated carbocycles. The molecule has 0 unspecified atom stereocenters. The molecule has 31 heavy (non-hydrogen) atoms. The summed E-state index contributed by atoms with van der Waals surface area (Å²) in [6.07, 6.45) is 3.03. The zero-order chi connectivity index (χ0) is 22.4. The first-order chi connectivity index (χ1) is 14.9. The number of hydrogen-bond acceptors (Lipinski definition) is 5. The van der Waals surface area contributed by atoms with Crippen molar-refractivity contribution in [3.05, 3.63) is 75.5 Å². The molecule has 160 valence electrons. The second-order valence-corrected chi connectivity index (χ2v) is 7.37. The molecule has 0 saturated heterocycles. The van der Waals surface area contributed by atoms with E-state index in [-0.39, 0.29) is 33.3 Å². The molecule has 0 fully saturated rings. The molecule has 0 aliphatic rings. The average molecular weight is 481 g/mol. The highest BCUT2D eigenvalue weighted by atomic mass is 35.5. The number of halogens is 3. The van der Waals surface area contributed by atoms with Gasteiger partial charge in [-0.05, 0) is 30.3 Å². The second kappa shape index (κ2) is 10.3. The summed E-state index contributed by atoms with van der Waals surface area (Å²) in [4.78, 5) is 28.5. The third-order valence-corrected chi connectivity index (χ3v) is 5.01. The molecule has 0 aliphatic heterocycles. The molecule has 0 bridgehead atoms. The van der Waals surface area contributed by atoms with Gasteiger partial charge in [-0.2, -0.15) is 0 Å². The van der Waals surface area contributed by atoms with E-state index in [9.17, 15) is 9.59 Å². The van der Waals surface area contributed by atoms with Gasteiger partial charge in [0.25, 0.3) is 11.8 Å². The van der Waals surface area contributed by atoms with Crippen LogP contribution in [-0.2, 0) is 4.79 Å². The summed E-state index contributed by atoms with van der Waals surface area (Å²) in [5, 5.41) is 6.19. The molecule has 1 aromatic heterocycles. The van der Waals surface area contributed by atoms with Gasteiger partial charge in [0, 0.05) is 30.2 Å². The number of benzene rings is 2. The predicted molar refractivity (Wildman–Crippen MR) is 121 cm³/mol. The third-order valence-electron chi connectivity index (χ3n) is 3.99. The minimum absolute atomic E-state index is 0.234. The van der Waals surface area contributed by atoms with Crippen LogP contribution in [-0.4, -0.2) is 30.5 Å². The van der Waals surface area contributed by atoms with Gasteiger partial charge in [-0.1, -0.05) is 34.8 Å². The Morgan fingerprint density at radius 1 is 0.968 bits per heavy atom. The molecule has 1 heterocycles. The van der Waals surface area contributed by atoms with E-state index in [4.69, 9.17) is 44.3 Å². The molecule has 3 aromatic rings. The lowest BCUT2D eigenvalue weighted by atomic mass is 10.2. The van der Waals surface area contributed by atoms with Crippen LogP contribution in [0.4, 0.5) is 11.4 Å². The van der Waals surface area contributed by atoms with E-state index in [0.29, 0.717) is 22.7 Å².